The molecule has 0 spiro atoms. The van der Waals surface area contributed by atoms with E-state index in [-0.39, 0.29) is 12.4 Å². The van der Waals surface area contributed by atoms with Crippen molar-refractivity contribution in [3.63, 3.8) is 0 Å². The molecule has 0 unspecified atom stereocenters. The number of nitrogens with one attached hydrogen (secondary N) is 1. The van der Waals surface area contributed by atoms with Crippen LogP contribution in [0.15, 0.2) is 16.6 Å². The van der Waals surface area contributed by atoms with Gasteiger partial charge in [-0.05, 0) is 60.3 Å². The third-order valence-corrected chi connectivity index (χ3v) is 4.70. The van der Waals surface area contributed by atoms with Crippen LogP contribution in [0.5, 0.6) is 11.5 Å². The standard InChI is InChI=1S/C18H28BrNO2.ClH/c1-3-21-17-12-14(11-16(19)18(17)22-4-2)13-20-15-9-7-5-6-8-10-15;/h11-12,15,20H,3-10,13H2,1-2H3;1H. The number of hydrogen-bond acceptors (Lipinski definition) is 3. The molecule has 0 aromatic heterocycles. The van der Waals surface area contributed by atoms with E-state index < -0.39 is 0 Å². The SMILES string of the molecule is CCOc1cc(CNC2CCCCCC2)cc(Br)c1OCC.Cl. The zero-order chi connectivity index (χ0) is 15.8. The van der Waals surface area contributed by atoms with E-state index in [1.165, 1.54) is 44.1 Å². The Bertz CT molecular complexity index is 463. The minimum absolute atomic E-state index is 0. The Morgan fingerprint density at radius 1 is 1.04 bits per heavy atom. The van der Waals surface area contributed by atoms with E-state index >= 15 is 0 Å². The number of ether oxygens (including phenoxy) is 2. The van der Waals surface area contributed by atoms with Crippen molar-refractivity contribution < 1.29 is 9.47 Å². The lowest BCUT2D eigenvalue weighted by molar-refractivity contribution is 0.286. The summed E-state index contributed by atoms with van der Waals surface area (Å²) in [6, 6.07) is 4.89. The van der Waals surface area contributed by atoms with Gasteiger partial charge in [-0.1, -0.05) is 25.7 Å². The van der Waals surface area contributed by atoms with E-state index in [0.717, 1.165) is 22.5 Å². The van der Waals surface area contributed by atoms with Gasteiger partial charge in [0.05, 0.1) is 17.7 Å². The van der Waals surface area contributed by atoms with Gasteiger partial charge in [0.25, 0.3) is 0 Å². The fourth-order valence-corrected chi connectivity index (χ4v) is 3.62. The molecule has 0 radical (unpaired) electrons. The average molecular weight is 407 g/mol. The van der Waals surface area contributed by atoms with Crippen molar-refractivity contribution in [2.75, 3.05) is 13.2 Å². The Morgan fingerprint density at radius 3 is 2.30 bits per heavy atom. The number of halogens is 2. The molecule has 1 aliphatic rings. The van der Waals surface area contributed by atoms with Gasteiger partial charge in [-0.25, -0.2) is 0 Å². The minimum atomic E-state index is 0. The first-order chi connectivity index (χ1) is 10.7. The van der Waals surface area contributed by atoms with Gasteiger partial charge in [-0.2, -0.15) is 0 Å². The Hall–Kier alpha value is -0.450. The molecule has 1 aromatic carbocycles. The van der Waals surface area contributed by atoms with Gasteiger partial charge in [0.15, 0.2) is 11.5 Å². The first-order valence-corrected chi connectivity index (χ1v) is 9.35. The fraction of sp³-hybridized carbons (Fsp3) is 0.667. The molecule has 1 N–H and O–H groups in total. The normalized spacial score (nSPS) is 15.6. The second-order valence-corrected chi connectivity index (χ2v) is 6.69. The van der Waals surface area contributed by atoms with Crippen LogP contribution in [-0.4, -0.2) is 19.3 Å². The molecule has 132 valence electrons. The van der Waals surface area contributed by atoms with Gasteiger partial charge in [0, 0.05) is 12.6 Å². The van der Waals surface area contributed by atoms with Crippen LogP contribution in [0.25, 0.3) is 0 Å². The summed E-state index contributed by atoms with van der Waals surface area (Å²) in [5, 5.41) is 3.71. The highest BCUT2D eigenvalue weighted by molar-refractivity contribution is 9.10. The van der Waals surface area contributed by atoms with Crippen LogP contribution in [0.3, 0.4) is 0 Å². The summed E-state index contributed by atoms with van der Waals surface area (Å²) < 4.78 is 12.4. The molecule has 0 saturated heterocycles. The van der Waals surface area contributed by atoms with Crippen molar-refractivity contribution in [1.82, 2.24) is 5.32 Å². The summed E-state index contributed by atoms with van der Waals surface area (Å²) in [4.78, 5) is 0. The molecular formula is C18H29BrClNO2. The van der Waals surface area contributed by atoms with Crippen LogP contribution in [-0.2, 0) is 6.54 Å². The lowest BCUT2D eigenvalue weighted by atomic mass is 10.1. The molecule has 0 atom stereocenters. The maximum Gasteiger partial charge on any atom is 0.175 e. The van der Waals surface area contributed by atoms with Gasteiger partial charge < -0.3 is 14.8 Å². The molecule has 5 heteroatoms. The predicted octanol–water partition coefficient (Wildman–Crippen LogP) is 5.48. The minimum Gasteiger partial charge on any atom is -0.490 e. The highest BCUT2D eigenvalue weighted by Crippen LogP contribution is 2.37. The van der Waals surface area contributed by atoms with E-state index in [4.69, 9.17) is 9.47 Å². The maximum absolute atomic E-state index is 5.74. The van der Waals surface area contributed by atoms with Crippen LogP contribution in [0.1, 0.15) is 57.9 Å². The molecule has 1 fully saturated rings. The van der Waals surface area contributed by atoms with E-state index in [1.54, 1.807) is 0 Å². The van der Waals surface area contributed by atoms with Crippen LogP contribution in [0, 0.1) is 0 Å². The third kappa shape index (κ3) is 6.52. The van der Waals surface area contributed by atoms with Crippen molar-refractivity contribution in [3.05, 3.63) is 22.2 Å². The zero-order valence-electron chi connectivity index (χ0n) is 14.2. The van der Waals surface area contributed by atoms with Crippen LogP contribution < -0.4 is 14.8 Å². The highest BCUT2D eigenvalue weighted by atomic mass is 79.9. The van der Waals surface area contributed by atoms with Gasteiger partial charge in [-0.15, -0.1) is 12.4 Å². The molecular weight excluding hydrogens is 378 g/mol. The zero-order valence-corrected chi connectivity index (χ0v) is 16.6. The van der Waals surface area contributed by atoms with Gasteiger partial charge in [-0.3, -0.25) is 0 Å². The van der Waals surface area contributed by atoms with Crippen molar-refractivity contribution >= 4 is 28.3 Å². The molecule has 0 amide bonds. The molecule has 0 heterocycles. The summed E-state index contributed by atoms with van der Waals surface area (Å²) in [7, 11) is 0. The second kappa shape index (κ2) is 11.2. The summed E-state index contributed by atoms with van der Waals surface area (Å²) in [6.07, 6.45) is 8.10. The van der Waals surface area contributed by atoms with Gasteiger partial charge >= 0.3 is 0 Å². The summed E-state index contributed by atoms with van der Waals surface area (Å²) in [6.45, 7) is 6.16. The fourth-order valence-electron chi connectivity index (χ4n) is 3.02. The predicted molar refractivity (Wildman–Crippen MR) is 102 cm³/mol. The number of benzene rings is 1. The molecule has 2 rings (SSSR count). The Balaban J connectivity index is 0.00000264. The molecule has 1 aliphatic carbocycles. The summed E-state index contributed by atoms with van der Waals surface area (Å²) in [5.74, 6) is 1.64. The van der Waals surface area contributed by atoms with Gasteiger partial charge in [0.1, 0.15) is 0 Å². The van der Waals surface area contributed by atoms with E-state index in [1.807, 2.05) is 13.8 Å². The van der Waals surface area contributed by atoms with Crippen molar-refractivity contribution in [2.45, 2.75) is 65.0 Å². The topological polar surface area (TPSA) is 30.5 Å². The van der Waals surface area contributed by atoms with Crippen LogP contribution in [0.4, 0.5) is 0 Å². The molecule has 23 heavy (non-hydrogen) atoms. The monoisotopic (exact) mass is 405 g/mol. The number of rotatable bonds is 7. The summed E-state index contributed by atoms with van der Waals surface area (Å²) >= 11 is 3.61. The maximum atomic E-state index is 5.74. The lowest BCUT2D eigenvalue weighted by Crippen LogP contribution is -2.27. The van der Waals surface area contributed by atoms with Crippen molar-refractivity contribution in [2.24, 2.45) is 0 Å². The number of hydrogen-bond donors (Lipinski definition) is 1. The third-order valence-electron chi connectivity index (χ3n) is 4.11. The quantitative estimate of drug-likeness (QED) is 0.608. The Labute approximate surface area is 155 Å². The van der Waals surface area contributed by atoms with E-state index in [9.17, 15) is 0 Å². The first-order valence-electron chi connectivity index (χ1n) is 8.56. The summed E-state index contributed by atoms with van der Waals surface area (Å²) in [5.41, 5.74) is 1.24. The van der Waals surface area contributed by atoms with Gasteiger partial charge in [0.2, 0.25) is 0 Å². The lowest BCUT2D eigenvalue weighted by Gasteiger charge is -2.18. The smallest absolute Gasteiger partial charge is 0.175 e. The molecule has 3 nitrogen and oxygen atoms in total. The molecule has 1 saturated carbocycles. The largest absolute Gasteiger partial charge is 0.490 e. The first kappa shape index (κ1) is 20.6. The highest BCUT2D eigenvalue weighted by Gasteiger charge is 2.14. The average Bonchev–Trinajstić information content (AvgIpc) is 2.77. The second-order valence-electron chi connectivity index (χ2n) is 5.84. The Kier molecular flexibility index (Phi) is 10.00. The van der Waals surface area contributed by atoms with Crippen LogP contribution in [0.2, 0.25) is 0 Å². The Morgan fingerprint density at radius 2 is 1.70 bits per heavy atom. The molecule has 0 bridgehead atoms. The molecule has 0 aliphatic heterocycles. The van der Waals surface area contributed by atoms with Crippen molar-refractivity contribution in [3.8, 4) is 11.5 Å². The van der Waals surface area contributed by atoms with Crippen LogP contribution >= 0.6 is 28.3 Å². The van der Waals surface area contributed by atoms with E-state index in [2.05, 4.69) is 33.4 Å². The molecule has 1 aromatic rings. The van der Waals surface area contributed by atoms with E-state index in [0.29, 0.717) is 19.3 Å². The van der Waals surface area contributed by atoms with Crippen molar-refractivity contribution in [1.29, 1.82) is 0 Å².